The molecule has 1 nitrogen and oxygen atoms in total. The van der Waals surface area contributed by atoms with Gasteiger partial charge in [-0.15, -0.1) is 0 Å². The highest BCUT2D eigenvalue weighted by molar-refractivity contribution is 7.80. The number of rotatable bonds is 1. The van der Waals surface area contributed by atoms with Crippen LogP contribution in [-0.4, -0.2) is 4.99 Å². The van der Waals surface area contributed by atoms with Crippen molar-refractivity contribution in [1.82, 2.24) is 0 Å². The predicted molar refractivity (Wildman–Crippen MR) is 52.6 cm³/mol. The first-order valence-corrected chi connectivity index (χ1v) is 4.86. The largest absolute Gasteiger partial charge is 0.393 e. The summed E-state index contributed by atoms with van der Waals surface area (Å²) in [6, 6.07) is 0. The molecular formula is C9H17NS. The lowest BCUT2D eigenvalue weighted by atomic mass is 9.83. The topological polar surface area (TPSA) is 26.0 Å². The molecule has 0 aromatic rings. The minimum Gasteiger partial charge on any atom is -0.393 e. The van der Waals surface area contributed by atoms with E-state index < -0.39 is 0 Å². The van der Waals surface area contributed by atoms with E-state index in [9.17, 15) is 0 Å². The van der Waals surface area contributed by atoms with E-state index in [0.29, 0.717) is 0 Å². The average Bonchev–Trinajstić information content (AvgIpc) is 2.15. The third kappa shape index (κ3) is 2.16. The van der Waals surface area contributed by atoms with E-state index >= 15 is 0 Å². The molecule has 0 amide bonds. The van der Waals surface area contributed by atoms with Gasteiger partial charge in [0.15, 0.2) is 0 Å². The van der Waals surface area contributed by atoms with Gasteiger partial charge in [-0.05, 0) is 12.8 Å². The summed E-state index contributed by atoms with van der Waals surface area (Å²) in [5.41, 5.74) is 5.87. The van der Waals surface area contributed by atoms with Crippen LogP contribution < -0.4 is 5.73 Å². The molecule has 2 heteroatoms. The molecule has 1 aliphatic carbocycles. The third-order valence-electron chi connectivity index (χ3n) is 2.80. The molecule has 1 rings (SSSR count). The molecule has 11 heavy (non-hydrogen) atoms. The molecule has 0 spiro atoms. The van der Waals surface area contributed by atoms with Crippen LogP contribution >= 0.6 is 12.2 Å². The molecule has 0 atom stereocenters. The Labute approximate surface area is 74.4 Å². The first-order valence-electron chi connectivity index (χ1n) is 4.45. The van der Waals surface area contributed by atoms with Crippen LogP contribution in [0.3, 0.4) is 0 Å². The summed E-state index contributed by atoms with van der Waals surface area (Å²) in [5.74, 6) is 0. The number of nitrogens with two attached hydrogens (primary N) is 1. The van der Waals surface area contributed by atoms with Crippen molar-refractivity contribution in [3.63, 3.8) is 0 Å². The van der Waals surface area contributed by atoms with Gasteiger partial charge in [0, 0.05) is 5.41 Å². The molecule has 0 heterocycles. The van der Waals surface area contributed by atoms with E-state index in [1.807, 2.05) is 0 Å². The number of thiocarbonyl (C=S) groups is 1. The Morgan fingerprint density at radius 3 is 2.00 bits per heavy atom. The van der Waals surface area contributed by atoms with Crippen LogP contribution in [-0.2, 0) is 0 Å². The van der Waals surface area contributed by atoms with E-state index in [2.05, 4.69) is 6.92 Å². The second-order valence-corrected chi connectivity index (χ2v) is 4.28. The maximum Gasteiger partial charge on any atom is 0.0787 e. The van der Waals surface area contributed by atoms with Crippen LogP contribution in [0, 0.1) is 5.41 Å². The Balaban J connectivity index is 2.59. The molecular weight excluding hydrogens is 154 g/mol. The SMILES string of the molecule is CC1(C(N)=S)CCCCCC1. The van der Waals surface area contributed by atoms with Gasteiger partial charge >= 0.3 is 0 Å². The fraction of sp³-hybridized carbons (Fsp3) is 0.889. The zero-order chi connectivity index (χ0) is 8.32. The predicted octanol–water partition coefficient (Wildman–Crippen LogP) is 2.63. The van der Waals surface area contributed by atoms with Crippen molar-refractivity contribution < 1.29 is 0 Å². The summed E-state index contributed by atoms with van der Waals surface area (Å²) < 4.78 is 0. The van der Waals surface area contributed by atoms with Crippen LogP contribution in [0.4, 0.5) is 0 Å². The zero-order valence-electron chi connectivity index (χ0n) is 7.23. The molecule has 0 unspecified atom stereocenters. The normalized spacial score (nSPS) is 24.1. The highest BCUT2D eigenvalue weighted by Crippen LogP contribution is 2.34. The second-order valence-electron chi connectivity index (χ2n) is 3.84. The van der Waals surface area contributed by atoms with Gasteiger partial charge in [-0.25, -0.2) is 0 Å². The number of hydrogen-bond donors (Lipinski definition) is 1. The molecule has 0 saturated heterocycles. The summed E-state index contributed by atoms with van der Waals surface area (Å²) >= 11 is 5.07. The summed E-state index contributed by atoms with van der Waals surface area (Å²) in [7, 11) is 0. The van der Waals surface area contributed by atoms with Crippen LogP contribution in [0.25, 0.3) is 0 Å². The van der Waals surface area contributed by atoms with Gasteiger partial charge in [0.25, 0.3) is 0 Å². The van der Waals surface area contributed by atoms with E-state index in [0.717, 1.165) is 4.99 Å². The molecule has 1 fully saturated rings. The van der Waals surface area contributed by atoms with Crippen LogP contribution in [0.15, 0.2) is 0 Å². The lowest BCUT2D eigenvalue weighted by Crippen LogP contribution is -2.32. The molecule has 0 aromatic carbocycles. The van der Waals surface area contributed by atoms with Crippen molar-refractivity contribution in [2.24, 2.45) is 11.1 Å². The van der Waals surface area contributed by atoms with E-state index in [1.165, 1.54) is 38.5 Å². The van der Waals surface area contributed by atoms with Gasteiger partial charge < -0.3 is 5.73 Å². The maximum absolute atomic E-state index is 5.70. The fourth-order valence-corrected chi connectivity index (χ4v) is 1.96. The Kier molecular flexibility index (Phi) is 2.88. The van der Waals surface area contributed by atoms with Crippen LogP contribution in [0.2, 0.25) is 0 Å². The molecule has 0 aromatic heterocycles. The van der Waals surface area contributed by atoms with E-state index in [1.54, 1.807) is 0 Å². The Morgan fingerprint density at radius 1 is 1.18 bits per heavy atom. The summed E-state index contributed by atoms with van der Waals surface area (Å²) in [4.78, 5) is 0.722. The molecule has 64 valence electrons. The minimum absolute atomic E-state index is 0.172. The zero-order valence-corrected chi connectivity index (χ0v) is 8.04. The maximum atomic E-state index is 5.70. The Hall–Kier alpha value is -0.110. The van der Waals surface area contributed by atoms with Gasteiger partial charge in [0.1, 0.15) is 0 Å². The molecule has 0 radical (unpaired) electrons. The monoisotopic (exact) mass is 171 g/mol. The van der Waals surface area contributed by atoms with E-state index in [4.69, 9.17) is 18.0 Å². The quantitative estimate of drug-likeness (QED) is 0.485. The third-order valence-corrected chi connectivity index (χ3v) is 3.29. The van der Waals surface area contributed by atoms with Crippen molar-refractivity contribution in [3.8, 4) is 0 Å². The lowest BCUT2D eigenvalue weighted by molar-refractivity contribution is 0.405. The first-order chi connectivity index (χ1) is 5.15. The molecule has 0 bridgehead atoms. The van der Waals surface area contributed by atoms with Crippen LogP contribution in [0.1, 0.15) is 45.4 Å². The minimum atomic E-state index is 0.172. The van der Waals surface area contributed by atoms with Gasteiger partial charge in [-0.1, -0.05) is 44.8 Å². The second kappa shape index (κ2) is 3.53. The fourth-order valence-electron chi connectivity index (χ4n) is 1.76. The molecule has 1 aliphatic rings. The van der Waals surface area contributed by atoms with Crippen molar-refractivity contribution in [2.45, 2.75) is 45.4 Å². The number of hydrogen-bond acceptors (Lipinski definition) is 1. The van der Waals surface area contributed by atoms with Gasteiger partial charge in [-0.2, -0.15) is 0 Å². The molecule has 1 saturated carbocycles. The lowest BCUT2D eigenvalue weighted by Gasteiger charge is -2.26. The Bertz CT molecular complexity index is 146. The highest BCUT2D eigenvalue weighted by atomic mass is 32.1. The summed E-state index contributed by atoms with van der Waals surface area (Å²) in [6.07, 6.45) is 7.71. The molecule has 0 aliphatic heterocycles. The first kappa shape index (κ1) is 8.98. The van der Waals surface area contributed by atoms with Crippen LogP contribution in [0.5, 0.6) is 0 Å². The van der Waals surface area contributed by atoms with Crippen molar-refractivity contribution >= 4 is 17.2 Å². The average molecular weight is 171 g/mol. The van der Waals surface area contributed by atoms with Gasteiger partial charge in [0.2, 0.25) is 0 Å². The highest BCUT2D eigenvalue weighted by Gasteiger charge is 2.27. The standard InChI is InChI=1S/C9H17NS/c1-9(8(10)11)6-4-2-3-5-7-9/h2-7H2,1H3,(H2,10,11). The van der Waals surface area contributed by atoms with Gasteiger partial charge in [0.05, 0.1) is 4.99 Å². The van der Waals surface area contributed by atoms with Crippen molar-refractivity contribution in [2.75, 3.05) is 0 Å². The van der Waals surface area contributed by atoms with Gasteiger partial charge in [-0.3, -0.25) is 0 Å². The summed E-state index contributed by atoms with van der Waals surface area (Å²) in [6.45, 7) is 2.21. The Morgan fingerprint density at radius 2 is 1.64 bits per heavy atom. The van der Waals surface area contributed by atoms with E-state index in [-0.39, 0.29) is 5.41 Å². The summed E-state index contributed by atoms with van der Waals surface area (Å²) in [5, 5.41) is 0. The van der Waals surface area contributed by atoms with Crippen molar-refractivity contribution in [1.29, 1.82) is 0 Å². The van der Waals surface area contributed by atoms with Crippen molar-refractivity contribution in [3.05, 3.63) is 0 Å². The molecule has 2 N–H and O–H groups in total. The smallest absolute Gasteiger partial charge is 0.0787 e.